The molecule has 12 aliphatic carbocycles. The molecule has 18 unspecified atom stereocenters. The second-order valence-electron chi connectivity index (χ2n) is 33.1. The molecule has 93 heavy (non-hydrogen) atoms. The van der Waals surface area contributed by atoms with Gasteiger partial charge >= 0.3 is 35.8 Å². The second-order valence-corrected chi connectivity index (χ2v) is 33.1. The molecule has 0 heterocycles. The van der Waals surface area contributed by atoms with Gasteiger partial charge in [-0.05, 0) is 241 Å². The van der Waals surface area contributed by atoms with Gasteiger partial charge in [-0.15, -0.1) is 0 Å². The zero-order valence-corrected chi connectivity index (χ0v) is 60.2. The number of carbonyl (C=O) groups excluding carboxylic acids is 8. The van der Waals surface area contributed by atoms with Gasteiger partial charge in [0.1, 0.15) is 38.0 Å². The van der Waals surface area contributed by atoms with Crippen LogP contribution in [0.3, 0.4) is 0 Å². The van der Waals surface area contributed by atoms with Crippen molar-refractivity contribution in [1.82, 2.24) is 0 Å². The van der Waals surface area contributed by atoms with Crippen molar-refractivity contribution >= 4 is 49.4 Å². The van der Waals surface area contributed by atoms with Gasteiger partial charge in [0.2, 0.25) is 0 Å². The molecule has 0 radical (unpaired) electrons. The molecule has 522 valence electrons. The predicted molar refractivity (Wildman–Crippen MR) is 366 cm³/mol. The molecule has 12 aliphatic rings. The number of hydrogen-bond acceptors (Lipinski definition) is 14. The van der Waals surface area contributed by atoms with Crippen molar-refractivity contribution in [3.05, 3.63) is 74.4 Å². The Labute approximate surface area is 560 Å². The van der Waals surface area contributed by atoms with Crippen molar-refractivity contribution in [2.24, 2.45) is 102 Å². The summed E-state index contributed by atoms with van der Waals surface area (Å²) < 4.78 is 32.3. The summed E-state index contributed by atoms with van der Waals surface area (Å²) in [7, 11) is 0. The van der Waals surface area contributed by atoms with E-state index in [4.69, 9.17) is 38.0 Å². The van der Waals surface area contributed by atoms with Gasteiger partial charge in [-0.3, -0.25) is 0 Å². The molecule has 12 rings (SSSR count). The summed E-state index contributed by atoms with van der Waals surface area (Å²) in [5, 5.41) is 0. The van der Waals surface area contributed by atoms with Gasteiger partial charge in [0.15, 0.2) is 0 Å². The molecule has 0 aliphatic heterocycles. The quantitative estimate of drug-likeness (QED) is 0.0906. The van der Waals surface area contributed by atoms with E-state index in [0.717, 1.165) is 49.4 Å². The van der Waals surface area contributed by atoms with Crippen LogP contribution in [0.4, 0.5) is 0 Å². The second kappa shape index (κ2) is 31.2. The highest BCUT2D eigenvalue weighted by atomic mass is 16.6. The third-order valence-electron chi connectivity index (χ3n) is 28.1. The van der Waals surface area contributed by atoms with Crippen molar-refractivity contribution in [3.63, 3.8) is 0 Å². The number of rotatable bonds is 14. The molecule has 0 N–H and O–H groups in total. The normalized spacial score (nSPS) is 37.4. The number of fused-ring (bicyclic) bond motifs is 12. The van der Waals surface area contributed by atoms with Gasteiger partial charge in [0.25, 0.3) is 0 Å². The van der Waals surface area contributed by atoms with E-state index in [0.29, 0.717) is 97.9 Å². The Morgan fingerprint density at radius 1 is 0.366 bits per heavy atom. The van der Waals surface area contributed by atoms with Gasteiger partial charge in [0.05, 0.1) is 13.2 Å². The van der Waals surface area contributed by atoms with Crippen molar-refractivity contribution in [1.29, 1.82) is 0 Å². The molecule has 12 saturated carbocycles. The summed E-state index contributed by atoms with van der Waals surface area (Å²) in [6, 6.07) is 0. The highest BCUT2D eigenvalue weighted by Crippen LogP contribution is 2.70. The lowest BCUT2D eigenvalue weighted by Crippen LogP contribution is -2.38. The molecule has 18 atom stereocenters. The lowest BCUT2D eigenvalue weighted by atomic mass is 9.67. The Bertz CT molecular complexity index is 2750. The standard InChI is InChI=1S/C15H24O2.2C14H22O2.C13H20O2.C11H16O2.C10H14O2.2CH2O/c1-10(2)13(16)17-9-12-8-11-6-7-15(12,5)14(11,3)4;1-9(2)12(15)16-11-8-10-6-7-14(11,5)13(10,3)4;1-5-12(15)16-9-11-8-10-6-7-14(11,4)13(10,2)3;1-5-11(14)15-10-8-9-6-7-13(10,4)12(9,2)3;1-7(2)11(12)13-10-6-8-3-4-9(10)5-8;1-2-10(11)12-9-6-7-3-4-8(9)5-7;2*1-2/h11-12H,1,6-9H2,2-5H3;10-11H,1,6-8H2,2-5H3;5,10-11H,1,6-9H2,2-4H3;5,9-10H,1,6-8H2,2-4H3;8-10H,1,3-6H2,2H3;2,7-9H,1,3-6H2;2*1H2. The van der Waals surface area contributed by atoms with Crippen LogP contribution in [0.1, 0.15) is 232 Å². The van der Waals surface area contributed by atoms with Gasteiger partial charge < -0.3 is 38.0 Å². The topological polar surface area (TPSA) is 192 Å². The number of ether oxygens (including phenoxy) is 6. The average molecular weight is 1300 g/mol. The maximum Gasteiger partial charge on any atom is 0.333 e. The Morgan fingerprint density at radius 2 is 0.688 bits per heavy atom. The molecule has 0 aromatic carbocycles. The molecule has 14 heteroatoms. The Kier molecular flexibility index (Phi) is 26.3. The summed E-state index contributed by atoms with van der Waals surface area (Å²) >= 11 is 0. The Morgan fingerprint density at radius 3 is 0.978 bits per heavy atom. The Balaban J connectivity index is 0.000000201. The van der Waals surface area contributed by atoms with Gasteiger partial charge in [0, 0.05) is 45.8 Å². The summed E-state index contributed by atoms with van der Waals surface area (Å²) in [5.74, 6) is 5.56. The first-order valence-corrected chi connectivity index (χ1v) is 35.0. The van der Waals surface area contributed by atoms with Crippen LogP contribution < -0.4 is 0 Å². The summed E-state index contributed by atoms with van der Waals surface area (Å²) in [6.07, 6.45) is 28.9. The predicted octanol–water partition coefficient (Wildman–Crippen LogP) is 16.8. The fourth-order valence-electron chi connectivity index (χ4n) is 19.9. The third-order valence-corrected chi connectivity index (χ3v) is 28.1. The minimum atomic E-state index is -0.288. The zero-order valence-electron chi connectivity index (χ0n) is 60.2. The summed E-state index contributed by atoms with van der Waals surface area (Å²) in [6.45, 7) is 59.4. The van der Waals surface area contributed by atoms with Gasteiger partial charge in [-0.1, -0.05) is 123 Å². The zero-order chi connectivity index (χ0) is 70.2. The van der Waals surface area contributed by atoms with Crippen molar-refractivity contribution in [2.45, 2.75) is 257 Å². The maximum absolute atomic E-state index is 11.6. The summed E-state index contributed by atoms with van der Waals surface area (Å²) in [5.41, 5.74) is 3.92. The minimum Gasteiger partial charge on any atom is -0.462 e. The maximum atomic E-state index is 11.6. The van der Waals surface area contributed by atoms with Crippen LogP contribution in [0.2, 0.25) is 0 Å². The molecule has 0 saturated heterocycles. The molecule has 0 amide bonds. The van der Waals surface area contributed by atoms with Gasteiger partial charge in [-0.2, -0.15) is 0 Å². The van der Waals surface area contributed by atoms with E-state index in [2.05, 4.69) is 123 Å². The van der Waals surface area contributed by atoms with Crippen molar-refractivity contribution in [3.8, 4) is 0 Å². The van der Waals surface area contributed by atoms with E-state index >= 15 is 0 Å². The molecule has 0 aromatic heterocycles. The van der Waals surface area contributed by atoms with E-state index in [9.17, 15) is 28.8 Å². The molecular weight excluding hydrogens is 1170 g/mol. The monoisotopic (exact) mass is 1290 g/mol. The first kappa shape index (κ1) is 78.3. The van der Waals surface area contributed by atoms with Crippen LogP contribution in [-0.4, -0.2) is 87.0 Å². The first-order chi connectivity index (χ1) is 43.4. The van der Waals surface area contributed by atoms with Crippen molar-refractivity contribution < 1.29 is 66.8 Å². The van der Waals surface area contributed by atoms with Crippen LogP contribution in [0.25, 0.3) is 0 Å². The van der Waals surface area contributed by atoms with Crippen LogP contribution in [0.15, 0.2) is 74.4 Å². The SMILES string of the molecule is C=C(C)C(=O)OC1CC2CCC1(C)C2(C)C.C=C(C)C(=O)OC1CC2CCC1C2.C=C(C)C(=O)OCC1CC2CCC1(C)C2(C)C.C=CC(=O)OC1CC2CCC1(C)C2(C)C.C=CC(=O)OC1CC2CCC1C2.C=CC(=O)OCC1CC2CCC1(C)C2(C)C.C=O.C=O. The number of hydrogen-bond donors (Lipinski definition) is 0. The Hall–Kier alpha value is -5.40. The number of carbonyl (C=O) groups is 8. The van der Waals surface area contributed by atoms with Crippen molar-refractivity contribution in [2.75, 3.05) is 13.2 Å². The summed E-state index contributed by atoms with van der Waals surface area (Å²) in [4.78, 5) is 83.6. The molecular formula is C79H122O14. The fourth-order valence-corrected chi connectivity index (χ4v) is 19.9. The lowest BCUT2D eigenvalue weighted by molar-refractivity contribution is -0.152. The molecule has 0 spiro atoms. The molecule has 12 fully saturated rings. The molecule has 12 bridgehead atoms. The highest BCUT2D eigenvalue weighted by Gasteiger charge is 2.65. The largest absolute Gasteiger partial charge is 0.462 e. The van der Waals surface area contributed by atoms with E-state index in [-0.39, 0.29) is 71.1 Å². The van der Waals surface area contributed by atoms with Crippen LogP contribution in [0.5, 0.6) is 0 Å². The van der Waals surface area contributed by atoms with E-state index in [1.165, 1.54) is 121 Å². The lowest BCUT2D eigenvalue weighted by Gasteiger charge is -2.39. The molecule has 0 aromatic rings. The third kappa shape index (κ3) is 16.0. The van der Waals surface area contributed by atoms with Crippen LogP contribution in [-0.2, 0) is 66.8 Å². The van der Waals surface area contributed by atoms with Crippen LogP contribution in [0, 0.1) is 102 Å². The van der Waals surface area contributed by atoms with E-state index < -0.39 is 0 Å². The minimum absolute atomic E-state index is 0.0884. The smallest absolute Gasteiger partial charge is 0.333 e. The average Bonchev–Trinajstić information content (AvgIpc) is 1.59. The van der Waals surface area contributed by atoms with Gasteiger partial charge in [-0.25, -0.2) is 28.8 Å². The molecule has 14 nitrogen and oxygen atoms in total. The first-order valence-electron chi connectivity index (χ1n) is 35.0. The van der Waals surface area contributed by atoms with E-state index in [1.54, 1.807) is 20.8 Å². The highest BCUT2D eigenvalue weighted by molar-refractivity contribution is 5.88. The van der Waals surface area contributed by atoms with Crippen LogP contribution >= 0.6 is 0 Å². The van der Waals surface area contributed by atoms with E-state index in [1.807, 2.05) is 13.6 Å². The number of esters is 6. The fraction of sp³-hybridized carbons (Fsp3) is 0.747.